The van der Waals surface area contributed by atoms with E-state index in [9.17, 15) is 19.1 Å². The van der Waals surface area contributed by atoms with Gasteiger partial charge in [0.25, 0.3) is 5.91 Å². The van der Waals surface area contributed by atoms with Crippen LogP contribution in [-0.4, -0.2) is 22.1 Å². The summed E-state index contributed by atoms with van der Waals surface area (Å²) in [5.74, 6) is -2.86. The number of amides is 1. The van der Waals surface area contributed by atoms with Gasteiger partial charge in [0, 0.05) is 5.56 Å². The van der Waals surface area contributed by atoms with Gasteiger partial charge in [-0.15, -0.1) is 0 Å². The summed E-state index contributed by atoms with van der Waals surface area (Å²) in [5.41, 5.74) is -0.187. The van der Waals surface area contributed by atoms with Gasteiger partial charge < -0.3 is 15.5 Å². The van der Waals surface area contributed by atoms with Crippen LogP contribution in [0.4, 0.5) is 10.1 Å². The zero-order chi connectivity index (χ0) is 15.6. The molecule has 2 aromatic carbocycles. The van der Waals surface area contributed by atoms with Crippen molar-refractivity contribution in [2.75, 3.05) is 5.32 Å². The second-order valence-electron chi connectivity index (χ2n) is 4.12. The Morgan fingerprint density at radius 3 is 2.48 bits per heavy atom. The lowest BCUT2D eigenvalue weighted by Gasteiger charge is -2.09. The van der Waals surface area contributed by atoms with Gasteiger partial charge in [-0.3, -0.25) is 4.79 Å². The van der Waals surface area contributed by atoms with Crippen molar-refractivity contribution in [3.8, 4) is 5.75 Å². The number of aromatic hydroxyl groups is 1. The first kappa shape index (κ1) is 14.8. The van der Waals surface area contributed by atoms with Crippen LogP contribution >= 0.6 is 11.6 Å². The Bertz CT molecular complexity index is 733. The molecule has 108 valence electrons. The molecule has 5 nitrogen and oxygen atoms in total. The second kappa shape index (κ2) is 5.80. The van der Waals surface area contributed by atoms with Crippen molar-refractivity contribution in [3.05, 3.63) is 58.4 Å². The van der Waals surface area contributed by atoms with Crippen molar-refractivity contribution >= 4 is 29.2 Å². The number of carbonyl (C=O) groups excluding carboxylic acids is 1. The van der Waals surface area contributed by atoms with Crippen LogP contribution in [0.5, 0.6) is 5.75 Å². The lowest BCUT2D eigenvalue weighted by atomic mass is 10.1. The minimum absolute atomic E-state index is 0.00532. The van der Waals surface area contributed by atoms with Gasteiger partial charge in [0.05, 0.1) is 16.3 Å². The van der Waals surface area contributed by atoms with E-state index >= 15 is 0 Å². The molecular formula is C14H9ClFNO4. The fraction of sp³-hybridized carbons (Fsp3) is 0. The van der Waals surface area contributed by atoms with Crippen LogP contribution in [0.15, 0.2) is 36.4 Å². The standard InChI is InChI=1S/C14H9ClFNO4/c15-10-5-7(1-3-11(10)16)13(19)17-12-4-2-8(18)6-9(12)14(20)21/h1-6,18H,(H,17,19)(H,20,21). The van der Waals surface area contributed by atoms with Gasteiger partial charge in [0.1, 0.15) is 11.6 Å². The molecule has 0 unspecified atom stereocenters. The number of phenolic OH excluding ortho intramolecular Hbond substituents is 1. The molecule has 0 heterocycles. The van der Waals surface area contributed by atoms with E-state index in [1.54, 1.807) is 0 Å². The number of phenols is 1. The van der Waals surface area contributed by atoms with Crippen LogP contribution in [0, 0.1) is 5.82 Å². The lowest BCUT2D eigenvalue weighted by Crippen LogP contribution is -2.14. The number of hydrogen-bond donors (Lipinski definition) is 3. The Morgan fingerprint density at radius 2 is 1.86 bits per heavy atom. The van der Waals surface area contributed by atoms with Crippen molar-refractivity contribution in [1.82, 2.24) is 0 Å². The predicted molar refractivity (Wildman–Crippen MR) is 74.4 cm³/mol. The van der Waals surface area contributed by atoms with Crippen LogP contribution in [0.25, 0.3) is 0 Å². The van der Waals surface area contributed by atoms with Gasteiger partial charge >= 0.3 is 5.97 Å². The number of aromatic carboxylic acids is 1. The molecule has 0 atom stereocenters. The molecule has 2 aromatic rings. The molecule has 0 saturated heterocycles. The van der Waals surface area contributed by atoms with Crippen LogP contribution in [-0.2, 0) is 0 Å². The first-order valence-corrected chi connectivity index (χ1v) is 6.09. The number of nitrogens with one attached hydrogen (secondary N) is 1. The summed E-state index contributed by atoms with van der Waals surface area (Å²) in [6.45, 7) is 0. The summed E-state index contributed by atoms with van der Waals surface area (Å²) in [6.07, 6.45) is 0. The van der Waals surface area contributed by atoms with Crippen LogP contribution in [0.3, 0.4) is 0 Å². The molecule has 0 aliphatic carbocycles. The topological polar surface area (TPSA) is 86.6 Å². The van der Waals surface area contributed by atoms with Gasteiger partial charge in [0.2, 0.25) is 0 Å². The molecule has 0 fully saturated rings. The van der Waals surface area contributed by atoms with Crippen LogP contribution < -0.4 is 5.32 Å². The second-order valence-corrected chi connectivity index (χ2v) is 4.53. The summed E-state index contributed by atoms with van der Waals surface area (Å²) < 4.78 is 13.0. The number of carboxylic acids is 1. The number of hydrogen-bond acceptors (Lipinski definition) is 3. The predicted octanol–water partition coefficient (Wildman–Crippen LogP) is 3.14. The summed E-state index contributed by atoms with van der Waals surface area (Å²) in [4.78, 5) is 23.0. The maximum atomic E-state index is 13.0. The Kier molecular flexibility index (Phi) is 4.09. The van der Waals surface area contributed by atoms with Crippen molar-refractivity contribution in [2.24, 2.45) is 0 Å². The number of rotatable bonds is 3. The van der Waals surface area contributed by atoms with Gasteiger partial charge in [-0.2, -0.15) is 0 Å². The van der Waals surface area contributed by atoms with Crippen molar-refractivity contribution in [1.29, 1.82) is 0 Å². The van der Waals surface area contributed by atoms with E-state index < -0.39 is 17.7 Å². The highest BCUT2D eigenvalue weighted by Crippen LogP contribution is 2.23. The molecule has 0 aliphatic heterocycles. The Morgan fingerprint density at radius 1 is 1.14 bits per heavy atom. The molecule has 1 amide bonds. The molecule has 0 spiro atoms. The molecule has 3 N–H and O–H groups in total. The minimum atomic E-state index is -1.31. The Hall–Kier alpha value is -2.60. The molecule has 0 radical (unpaired) electrons. The highest BCUT2D eigenvalue weighted by Gasteiger charge is 2.15. The average molecular weight is 310 g/mol. The fourth-order valence-corrected chi connectivity index (χ4v) is 1.83. The number of benzene rings is 2. The third kappa shape index (κ3) is 3.29. The van der Waals surface area contributed by atoms with E-state index in [0.717, 1.165) is 18.2 Å². The van der Waals surface area contributed by atoms with E-state index in [0.29, 0.717) is 0 Å². The summed E-state index contributed by atoms with van der Waals surface area (Å²) >= 11 is 5.58. The quantitative estimate of drug-likeness (QED) is 0.760. The molecule has 0 aromatic heterocycles. The Labute approximate surface area is 123 Å². The summed E-state index contributed by atoms with van der Waals surface area (Å²) in [5, 5.41) is 20.4. The van der Waals surface area contributed by atoms with E-state index in [4.69, 9.17) is 16.7 Å². The van der Waals surface area contributed by atoms with Gasteiger partial charge in [-0.1, -0.05) is 11.6 Å². The minimum Gasteiger partial charge on any atom is -0.508 e. The molecule has 0 saturated carbocycles. The highest BCUT2D eigenvalue weighted by atomic mass is 35.5. The van der Waals surface area contributed by atoms with E-state index in [2.05, 4.69) is 5.32 Å². The van der Waals surface area contributed by atoms with Gasteiger partial charge in [-0.05, 0) is 36.4 Å². The maximum Gasteiger partial charge on any atom is 0.337 e. The van der Waals surface area contributed by atoms with Gasteiger partial charge in [-0.25, -0.2) is 9.18 Å². The van der Waals surface area contributed by atoms with Crippen molar-refractivity contribution < 1.29 is 24.2 Å². The number of halogens is 2. The zero-order valence-electron chi connectivity index (χ0n) is 10.4. The maximum absolute atomic E-state index is 13.0. The average Bonchev–Trinajstić information content (AvgIpc) is 2.43. The van der Waals surface area contributed by atoms with Crippen LogP contribution in [0.1, 0.15) is 20.7 Å². The van der Waals surface area contributed by atoms with E-state index in [-0.39, 0.29) is 27.6 Å². The first-order valence-electron chi connectivity index (χ1n) is 5.71. The summed E-state index contributed by atoms with van der Waals surface area (Å²) in [6, 6.07) is 6.88. The van der Waals surface area contributed by atoms with E-state index in [1.807, 2.05) is 0 Å². The first-order chi connectivity index (χ1) is 9.88. The SMILES string of the molecule is O=C(Nc1ccc(O)cc1C(=O)O)c1ccc(F)c(Cl)c1. The molecular weight excluding hydrogens is 301 g/mol. The molecule has 7 heteroatoms. The number of carbonyl (C=O) groups is 2. The van der Waals surface area contributed by atoms with Gasteiger partial charge in [0.15, 0.2) is 0 Å². The third-order valence-corrected chi connectivity index (χ3v) is 2.95. The summed E-state index contributed by atoms with van der Waals surface area (Å²) in [7, 11) is 0. The highest BCUT2D eigenvalue weighted by molar-refractivity contribution is 6.31. The molecule has 0 bridgehead atoms. The van der Waals surface area contributed by atoms with Crippen molar-refractivity contribution in [3.63, 3.8) is 0 Å². The third-order valence-electron chi connectivity index (χ3n) is 2.66. The zero-order valence-corrected chi connectivity index (χ0v) is 11.2. The smallest absolute Gasteiger partial charge is 0.337 e. The molecule has 21 heavy (non-hydrogen) atoms. The van der Waals surface area contributed by atoms with Crippen LogP contribution in [0.2, 0.25) is 5.02 Å². The Balaban J connectivity index is 2.31. The largest absolute Gasteiger partial charge is 0.508 e. The number of anilines is 1. The molecule has 0 aliphatic rings. The molecule has 2 rings (SSSR count). The monoisotopic (exact) mass is 309 g/mol. The van der Waals surface area contributed by atoms with Crippen molar-refractivity contribution in [2.45, 2.75) is 0 Å². The lowest BCUT2D eigenvalue weighted by molar-refractivity contribution is 0.0697. The van der Waals surface area contributed by atoms with E-state index in [1.165, 1.54) is 18.2 Å². The normalized spacial score (nSPS) is 10.2. The number of carboxylic acid groups (broad SMARTS) is 1. The fourth-order valence-electron chi connectivity index (χ4n) is 1.65.